The van der Waals surface area contributed by atoms with Crippen LogP contribution in [0.4, 0.5) is 11.4 Å². The minimum atomic E-state index is -0.523. The van der Waals surface area contributed by atoms with Crippen molar-refractivity contribution in [3.8, 4) is 0 Å². The molecule has 110 valence electrons. The maximum Gasteiger partial charge on any atom is 0.269 e. The summed E-state index contributed by atoms with van der Waals surface area (Å²) >= 11 is 0. The molecule has 2 atom stereocenters. The predicted molar refractivity (Wildman–Crippen MR) is 73.9 cm³/mol. The average molecular weight is 289 g/mol. The number of carbonyl (C=O) groups is 2. The average Bonchev–Trinajstić information content (AvgIpc) is 3.00. The molecule has 2 N–H and O–H groups in total. The Labute approximate surface area is 120 Å². The minimum absolute atomic E-state index is 0.0121. The van der Waals surface area contributed by atoms with Crippen LogP contribution < -0.4 is 5.73 Å². The molecule has 1 aliphatic heterocycles. The van der Waals surface area contributed by atoms with Gasteiger partial charge in [-0.1, -0.05) is 6.42 Å². The summed E-state index contributed by atoms with van der Waals surface area (Å²) < 4.78 is 0. The standard InChI is InChI=1S/C14H15N3O4/c15-12-5-4-9(17(20)21)6-8(12)7-16-13(18)10-2-1-3-11(10)14(16)19/h4-6,10-11H,1-3,7,15H2. The Morgan fingerprint density at radius 2 is 1.86 bits per heavy atom. The number of anilines is 1. The molecular formula is C14H15N3O4. The van der Waals surface area contributed by atoms with Gasteiger partial charge in [0.25, 0.3) is 5.69 Å². The summed E-state index contributed by atoms with van der Waals surface area (Å²) in [6, 6.07) is 4.06. The normalized spacial score (nSPS) is 24.5. The Hall–Kier alpha value is -2.44. The number of hydrogen-bond acceptors (Lipinski definition) is 5. The Morgan fingerprint density at radius 1 is 1.24 bits per heavy atom. The predicted octanol–water partition coefficient (Wildman–Crippen LogP) is 1.46. The van der Waals surface area contributed by atoms with Crippen molar-refractivity contribution in [1.82, 2.24) is 4.90 Å². The number of amides is 2. The highest BCUT2D eigenvalue weighted by Gasteiger charge is 2.49. The van der Waals surface area contributed by atoms with Crippen LogP contribution in [0.2, 0.25) is 0 Å². The highest BCUT2D eigenvalue weighted by atomic mass is 16.6. The highest BCUT2D eigenvalue weighted by Crippen LogP contribution is 2.40. The number of likely N-dealkylation sites (tertiary alicyclic amines) is 1. The summed E-state index contributed by atoms with van der Waals surface area (Å²) in [4.78, 5) is 36.0. The molecule has 0 radical (unpaired) electrons. The van der Waals surface area contributed by atoms with Gasteiger partial charge in [-0.25, -0.2) is 0 Å². The lowest BCUT2D eigenvalue weighted by molar-refractivity contribution is -0.384. The lowest BCUT2D eigenvalue weighted by Gasteiger charge is -2.17. The first-order valence-corrected chi connectivity index (χ1v) is 6.87. The number of nitro groups is 1. The van der Waals surface area contributed by atoms with E-state index in [0.29, 0.717) is 11.3 Å². The van der Waals surface area contributed by atoms with E-state index in [0.717, 1.165) is 19.3 Å². The van der Waals surface area contributed by atoms with Crippen LogP contribution >= 0.6 is 0 Å². The van der Waals surface area contributed by atoms with Gasteiger partial charge in [0.15, 0.2) is 0 Å². The molecule has 0 aromatic heterocycles. The van der Waals surface area contributed by atoms with Crippen molar-refractivity contribution in [1.29, 1.82) is 0 Å². The van der Waals surface area contributed by atoms with Gasteiger partial charge in [-0.2, -0.15) is 0 Å². The van der Waals surface area contributed by atoms with E-state index in [1.165, 1.54) is 23.1 Å². The zero-order valence-electron chi connectivity index (χ0n) is 11.3. The van der Waals surface area contributed by atoms with E-state index in [-0.39, 0.29) is 35.9 Å². The molecule has 2 amide bonds. The fourth-order valence-electron chi connectivity index (χ4n) is 3.23. The van der Waals surface area contributed by atoms with E-state index in [9.17, 15) is 19.7 Å². The number of rotatable bonds is 3. The topological polar surface area (TPSA) is 107 Å². The number of nitro benzene ring substituents is 1. The number of carbonyl (C=O) groups excluding carboxylic acids is 2. The minimum Gasteiger partial charge on any atom is -0.398 e. The van der Waals surface area contributed by atoms with E-state index < -0.39 is 4.92 Å². The van der Waals surface area contributed by atoms with Crippen molar-refractivity contribution in [3.63, 3.8) is 0 Å². The van der Waals surface area contributed by atoms with E-state index in [2.05, 4.69) is 0 Å². The Kier molecular flexibility index (Phi) is 3.12. The number of nitrogens with two attached hydrogens (primary N) is 1. The third-order valence-electron chi connectivity index (χ3n) is 4.35. The maximum atomic E-state index is 12.3. The maximum absolute atomic E-state index is 12.3. The van der Waals surface area contributed by atoms with Crippen LogP contribution in [0.5, 0.6) is 0 Å². The third-order valence-corrected chi connectivity index (χ3v) is 4.35. The van der Waals surface area contributed by atoms with Crippen LogP contribution in [0, 0.1) is 22.0 Å². The van der Waals surface area contributed by atoms with E-state index in [1.807, 2.05) is 0 Å². The molecule has 1 saturated carbocycles. The van der Waals surface area contributed by atoms with Gasteiger partial charge < -0.3 is 5.73 Å². The Morgan fingerprint density at radius 3 is 2.43 bits per heavy atom. The second-order valence-corrected chi connectivity index (χ2v) is 5.55. The van der Waals surface area contributed by atoms with Crippen LogP contribution in [0.1, 0.15) is 24.8 Å². The van der Waals surface area contributed by atoms with Crippen molar-refractivity contribution < 1.29 is 14.5 Å². The molecule has 1 aromatic carbocycles. The first-order chi connectivity index (χ1) is 9.99. The zero-order valence-corrected chi connectivity index (χ0v) is 11.3. The van der Waals surface area contributed by atoms with E-state index in [4.69, 9.17) is 5.73 Å². The summed E-state index contributed by atoms with van der Waals surface area (Å²) in [5.41, 5.74) is 6.49. The molecule has 2 unspecified atom stereocenters. The molecule has 7 heteroatoms. The first-order valence-electron chi connectivity index (χ1n) is 6.87. The van der Waals surface area contributed by atoms with Gasteiger partial charge in [0.2, 0.25) is 11.8 Å². The van der Waals surface area contributed by atoms with Crippen molar-refractivity contribution in [3.05, 3.63) is 33.9 Å². The molecule has 0 bridgehead atoms. The molecule has 2 fully saturated rings. The molecule has 7 nitrogen and oxygen atoms in total. The number of imide groups is 1. The van der Waals surface area contributed by atoms with Crippen LogP contribution in [-0.2, 0) is 16.1 Å². The van der Waals surface area contributed by atoms with Gasteiger partial charge in [0.05, 0.1) is 23.3 Å². The van der Waals surface area contributed by atoms with Gasteiger partial charge >= 0.3 is 0 Å². The molecular weight excluding hydrogens is 274 g/mol. The zero-order chi connectivity index (χ0) is 15.1. The quantitative estimate of drug-likeness (QED) is 0.392. The van der Waals surface area contributed by atoms with Crippen LogP contribution in [0.15, 0.2) is 18.2 Å². The second-order valence-electron chi connectivity index (χ2n) is 5.55. The summed E-state index contributed by atoms with van der Waals surface area (Å²) in [7, 11) is 0. The highest BCUT2D eigenvalue weighted by molar-refractivity contribution is 6.05. The Balaban J connectivity index is 1.87. The van der Waals surface area contributed by atoms with Crippen LogP contribution in [0.25, 0.3) is 0 Å². The number of non-ortho nitro benzene ring substituents is 1. The van der Waals surface area contributed by atoms with Gasteiger partial charge in [-0.3, -0.25) is 24.6 Å². The third kappa shape index (κ3) is 2.14. The fourth-order valence-corrected chi connectivity index (χ4v) is 3.23. The smallest absolute Gasteiger partial charge is 0.269 e. The molecule has 21 heavy (non-hydrogen) atoms. The van der Waals surface area contributed by atoms with Crippen molar-refractivity contribution in [2.75, 3.05) is 5.73 Å². The molecule has 2 aliphatic rings. The summed E-state index contributed by atoms with van der Waals surface area (Å²) in [5.74, 6) is -0.767. The van der Waals surface area contributed by atoms with Gasteiger partial charge in [0, 0.05) is 23.4 Å². The molecule has 1 heterocycles. The molecule has 0 spiro atoms. The van der Waals surface area contributed by atoms with Crippen molar-refractivity contribution in [2.45, 2.75) is 25.8 Å². The van der Waals surface area contributed by atoms with Crippen molar-refractivity contribution in [2.24, 2.45) is 11.8 Å². The summed E-state index contributed by atoms with van der Waals surface area (Å²) in [5, 5.41) is 10.8. The summed E-state index contributed by atoms with van der Waals surface area (Å²) in [6.07, 6.45) is 2.39. The number of fused-ring (bicyclic) bond motifs is 1. The molecule has 1 saturated heterocycles. The van der Waals surface area contributed by atoms with Gasteiger partial charge in [0.1, 0.15) is 0 Å². The van der Waals surface area contributed by atoms with Crippen LogP contribution in [-0.4, -0.2) is 21.6 Å². The van der Waals surface area contributed by atoms with Crippen molar-refractivity contribution >= 4 is 23.2 Å². The number of hydrogen-bond donors (Lipinski definition) is 1. The second kappa shape index (κ2) is 4.83. The SMILES string of the molecule is Nc1ccc([N+](=O)[O-])cc1CN1C(=O)C2CCCC2C1=O. The largest absolute Gasteiger partial charge is 0.398 e. The monoisotopic (exact) mass is 289 g/mol. The fraction of sp³-hybridized carbons (Fsp3) is 0.429. The number of nitrogens with zero attached hydrogens (tertiary/aromatic N) is 2. The lowest BCUT2D eigenvalue weighted by Crippen LogP contribution is -2.31. The molecule has 1 aliphatic carbocycles. The summed E-state index contributed by atoms with van der Waals surface area (Å²) in [6.45, 7) is 0.0121. The molecule has 3 rings (SSSR count). The number of nitrogen functional groups attached to an aromatic ring is 1. The van der Waals surface area contributed by atoms with Gasteiger partial charge in [-0.15, -0.1) is 0 Å². The number of benzene rings is 1. The van der Waals surface area contributed by atoms with Gasteiger partial charge in [-0.05, 0) is 18.9 Å². The lowest BCUT2D eigenvalue weighted by atomic mass is 10.00. The van der Waals surface area contributed by atoms with E-state index >= 15 is 0 Å². The Bertz CT molecular complexity index is 621. The van der Waals surface area contributed by atoms with E-state index in [1.54, 1.807) is 0 Å². The molecule has 1 aromatic rings. The van der Waals surface area contributed by atoms with Crippen LogP contribution in [0.3, 0.4) is 0 Å². The first kappa shape index (κ1) is 13.5.